The van der Waals surface area contributed by atoms with Crippen molar-refractivity contribution in [3.63, 3.8) is 0 Å². The van der Waals surface area contributed by atoms with Gasteiger partial charge in [-0.15, -0.1) is 0 Å². The summed E-state index contributed by atoms with van der Waals surface area (Å²) in [6.45, 7) is 13.3. The zero-order valence-corrected chi connectivity index (χ0v) is 17.2. The number of ether oxygens (including phenoxy) is 1. The Bertz CT molecular complexity index is 402. The quantitative estimate of drug-likeness (QED) is 0.721. The van der Waals surface area contributed by atoms with Gasteiger partial charge in [-0.3, -0.25) is 0 Å². The largest absolute Gasteiger partial charge is 0.444 e. The Balaban J connectivity index is 2.65. The molecule has 2 unspecified atom stereocenters. The summed E-state index contributed by atoms with van der Waals surface area (Å²) in [4.78, 5) is 14.5. The first-order valence-corrected chi connectivity index (χ1v) is 10.1. The number of aliphatic hydroxyl groups is 1. The fourth-order valence-corrected chi connectivity index (χ4v) is 3.34. The molecule has 1 rings (SSSR count). The fourth-order valence-electron chi connectivity index (χ4n) is 3.34. The molecule has 1 saturated heterocycles. The second-order valence-corrected chi connectivity index (χ2v) is 8.63. The highest BCUT2D eigenvalue weighted by Crippen LogP contribution is 2.23. The van der Waals surface area contributed by atoms with Crippen molar-refractivity contribution in [3.05, 3.63) is 0 Å². The molecule has 0 bridgehead atoms. The smallest absolute Gasteiger partial charge is 0.410 e. The van der Waals surface area contributed by atoms with E-state index < -0.39 is 11.2 Å². The van der Waals surface area contributed by atoms with Gasteiger partial charge >= 0.3 is 6.09 Å². The van der Waals surface area contributed by atoms with Gasteiger partial charge in [0.1, 0.15) is 5.60 Å². The molecule has 1 fully saturated rings. The highest BCUT2D eigenvalue weighted by Gasteiger charge is 2.31. The van der Waals surface area contributed by atoms with E-state index in [2.05, 4.69) is 12.2 Å². The summed E-state index contributed by atoms with van der Waals surface area (Å²) in [7, 11) is 0. The zero-order chi connectivity index (χ0) is 19.1. The number of hydrogen-bond acceptors (Lipinski definition) is 4. The first-order chi connectivity index (χ1) is 11.6. The minimum atomic E-state index is -0.636. The lowest BCUT2D eigenvalue weighted by atomic mass is 9.96. The first kappa shape index (κ1) is 22.2. The lowest BCUT2D eigenvalue weighted by molar-refractivity contribution is 0.0129. The Labute approximate surface area is 154 Å². The van der Waals surface area contributed by atoms with Gasteiger partial charge in [-0.1, -0.05) is 26.7 Å². The molecule has 0 aromatic heterocycles. The molecule has 1 heterocycles. The van der Waals surface area contributed by atoms with Crippen molar-refractivity contribution in [2.75, 3.05) is 13.1 Å². The van der Waals surface area contributed by atoms with Gasteiger partial charge in [0.15, 0.2) is 0 Å². The molecule has 2 atom stereocenters. The number of amides is 1. The Hall–Kier alpha value is -0.810. The Morgan fingerprint density at radius 1 is 1.24 bits per heavy atom. The summed E-state index contributed by atoms with van der Waals surface area (Å²) < 4.78 is 5.62. The van der Waals surface area contributed by atoms with Crippen LogP contribution in [0.15, 0.2) is 0 Å². The Morgan fingerprint density at radius 2 is 1.88 bits per heavy atom. The summed E-state index contributed by atoms with van der Waals surface area (Å²) in [5.41, 5.74) is -1.10. The molecule has 0 radical (unpaired) electrons. The summed E-state index contributed by atoms with van der Waals surface area (Å²) in [6, 6.07) is 0.453. The number of nitrogens with zero attached hydrogens (tertiary/aromatic N) is 1. The van der Waals surface area contributed by atoms with Crippen LogP contribution in [-0.2, 0) is 4.74 Å². The molecular formula is C20H40N2O3. The van der Waals surface area contributed by atoms with Gasteiger partial charge in [0.2, 0.25) is 0 Å². The van der Waals surface area contributed by atoms with Crippen molar-refractivity contribution in [2.24, 2.45) is 0 Å². The van der Waals surface area contributed by atoms with E-state index in [1.165, 1.54) is 6.42 Å². The number of nitrogens with one attached hydrogen (secondary N) is 1. The van der Waals surface area contributed by atoms with Crippen LogP contribution in [-0.4, -0.2) is 52.5 Å². The van der Waals surface area contributed by atoms with Crippen molar-refractivity contribution in [2.45, 2.75) is 110 Å². The van der Waals surface area contributed by atoms with Gasteiger partial charge in [-0.25, -0.2) is 4.79 Å². The first-order valence-electron chi connectivity index (χ1n) is 10.1. The molecule has 0 aliphatic carbocycles. The molecule has 5 heteroatoms. The van der Waals surface area contributed by atoms with Crippen LogP contribution in [0, 0.1) is 0 Å². The van der Waals surface area contributed by atoms with E-state index in [-0.39, 0.29) is 18.2 Å². The number of rotatable bonds is 7. The maximum absolute atomic E-state index is 12.6. The summed E-state index contributed by atoms with van der Waals surface area (Å²) in [6.07, 6.45) is 6.59. The second-order valence-electron chi connectivity index (χ2n) is 8.63. The van der Waals surface area contributed by atoms with Crippen LogP contribution in [0.5, 0.6) is 0 Å². The molecule has 5 nitrogen and oxygen atoms in total. The third-order valence-corrected chi connectivity index (χ3v) is 5.23. The standard InChI is InChI=1S/C20H40N2O3/c1-7-20(24,8-2)15-21-16(3)14-17-12-10-9-11-13-22(17)18(23)25-19(4,5)6/h16-17,21,24H,7-15H2,1-6H3. The van der Waals surface area contributed by atoms with E-state index in [1.54, 1.807) is 0 Å². The second kappa shape index (κ2) is 9.77. The molecule has 0 aromatic carbocycles. The normalized spacial score (nSPS) is 20.9. The van der Waals surface area contributed by atoms with Gasteiger partial charge < -0.3 is 20.1 Å². The topological polar surface area (TPSA) is 61.8 Å². The van der Waals surface area contributed by atoms with Crippen molar-refractivity contribution < 1.29 is 14.6 Å². The van der Waals surface area contributed by atoms with E-state index >= 15 is 0 Å². The Kier molecular flexibility index (Phi) is 8.69. The lowest BCUT2D eigenvalue weighted by Gasteiger charge is -2.34. The van der Waals surface area contributed by atoms with Crippen LogP contribution in [0.4, 0.5) is 4.79 Å². The van der Waals surface area contributed by atoms with E-state index in [0.717, 1.165) is 45.1 Å². The van der Waals surface area contributed by atoms with E-state index in [9.17, 15) is 9.90 Å². The van der Waals surface area contributed by atoms with Gasteiger partial charge in [-0.2, -0.15) is 0 Å². The van der Waals surface area contributed by atoms with Crippen LogP contribution >= 0.6 is 0 Å². The van der Waals surface area contributed by atoms with Gasteiger partial charge in [-0.05, 0) is 59.8 Å². The SMILES string of the molecule is CCC(O)(CC)CNC(C)CC1CCCCCN1C(=O)OC(C)(C)C. The summed E-state index contributed by atoms with van der Waals surface area (Å²) in [5.74, 6) is 0. The van der Waals surface area contributed by atoms with Gasteiger partial charge in [0.25, 0.3) is 0 Å². The van der Waals surface area contributed by atoms with Crippen LogP contribution in [0.1, 0.15) is 86.5 Å². The number of carbonyl (C=O) groups is 1. The summed E-state index contributed by atoms with van der Waals surface area (Å²) in [5, 5.41) is 13.9. The molecule has 1 amide bonds. The van der Waals surface area contributed by atoms with Crippen molar-refractivity contribution in [3.8, 4) is 0 Å². The van der Waals surface area contributed by atoms with E-state index in [0.29, 0.717) is 6.54 Å². The van der Waals surface area contributed by atoms with Crippen molar-refractivity contribution in [1.29, 1.82) is 0 Å². The number of carbonyl (C=O) groups excluding carboxylic acids is 1. The average molecular weight is 357 g/mol. The minimum absolute atomic E-state index is 0.190. The molecule has 1 aliphatic heterocycles. The van der Waals surface area contributed by atoms with E-state index in [4.69, 9.17) is 4.74 Å². The van der Waals surface area contributed by atoms with E-state index in [1.807, 2.05) is 39.5 Å². The predicted molar refractivity (Wildman–Crippen MR) is 103 cm³/mol. The third-order valence-electron chi connectivity index (χ3n) is 5.23. The molecule has 148 valence electrons. The predicted octanol–water partition coefficient (Wildman–Crippen LogP) is 4.09. The van der Waals surface area contributed by atoms with Gasteiger partial charge in [0.05, 0.1) is 5.60 Å². The zero-order valence-electron chi connectivity index (χ0n) is 17.2. The molecule has 0 spiro atoms. The highest BCUT2D eigenvalue weighted by atomic mass is 16.6. The average Bonchev–Trinajstić information content (AvgIpc) is 2.76. The van der Waals surface area contributed by atoms with Crippen LogP contribution < -0.4 is 5.32 Å². The Morgan fingerprint density at radius 3 is 2.44 bits per heavy atom. The van der Waals surface area contributed by atoms with Crippen LogP contribution in [0.25, 0.3) is 0 Å². The maximum atomic E-state index is 12.6. The number of hydrogen-bond donors (Lipinski definition) is 2. The van der Waals surface area contributed by atoms with Gasteiger partial charge in [0, 0.05) is 25.2 Å². The fraction of sp³-hybridized carbons (Fsp3) is 0.950. The minimum Gasteiger partial charge on any atom is -0.444 e. The number of likely N-dealkylation sites (tertiary alicyclic amines) is 1. The van der Waals surface area contributed by atoms with Crippen LogP contribution in [0.3, 0.4) is 0 Å². The third kappa shape index (κ3) is 7.95. The molecule has 0 aromatic rings. The van der Waals surface area contributed by atoms with Crippen LogP contribution in [0.2, 0.25) is 0 Å². The summed E-state index contributed by atoms with van der Waals surface area (Å²) >= 11 is 0. The molecule has 25 heavy (non-hydrogen) atoms. The molecule has 0 saturated carbocycles. The van der Waals surface area contributed by atoms with Crippen molar-refractivity contribution in [1.82, 2.24) is 10.2 Å². The maximum Gasteiger partial charge on any atom is 0.410 e. The van der Waals surface area contributed by atoms with Crippen molar-refractivity contribution >= 4 is 6.09 Å². The molecule has 1 aliphatic rings. The molecule has 2 N–H and O–H groups in total. The lowest BCUT2D eigenvalue weighted by Crippen LogP contribution is -2.48. The monoisotopic (exact) mass is 356 g/mol. The highest BCUT2D eigenvalue weighted by molar-refractivity contribution is 5.68. The molecular weight excluding hydrogens is 316 g/mol.